The summed E-state index contributed by atoms with van der Waals surface area (Å²) >= 11 is 0. The lowest BCUT2D eigenvalue weighted by Gasteiger charge is -2.22. The number of carbonyl (C=O) groups excluding carboxylic acids is 1. The highest BCUT2D eigenvalue weighted by Gasteiger charge is 2.27. The first-order valence-electron chi connectivity index (χ1n) is 5.58. The van der Waals surface area contributed by atoms with Crippen LogP contribution in [0.15, 0.2) is 0 Å². The van der Waals surface area contributed by atoms with Crippen LogP contribution < -0.4 is 10.6 Å². The van der Waals surface area contributed by atoms with Crippen molar-refractivity contribution in [3.8, 4) is 0 Å². The summed E-state index contributed by atoms with van der Waals surface area (Å²) in [6.45, 7) is 5.74. The molecule has 0 radical (unpaired) electrons. The van der Waals surface area contributed by atoms with Gasteiger partial charge in [0.2, 0.25) is 0 Å². The van der Waals surface area contributed by atoms with Crippen LogP contribution in [0.2, 0.25) is 0 Å². The third kappa shape index (κ3) is 6.11. The third-order valence-electron chi connectivity index (χ3n) is 2.71. The molecule has 0 bridgehead atoms. The van der Waals surface area contributed by atoms with Crippen LogP contribution in [0.5, 0.6) is 0 Å². The van der Waals surface area contributed by atoms with Gasteiger partial charge >= 0.3 is 12.0 Å². The van der Waals surface area contributed by atoms with E-state index in [0.717, 1.165) is 0 Å². The molecule has 2 amide bonds. The number of hydrogen-bond donors (Lipinski definition) is 3. The van der Waals surface area contributed by atoms with E-state index < -0.39 is 11.4 Å². The molecule has 100 valence electrons. The number of rotatable bonds is 6. The van der Waals surface area contributed by atoms with E-state index in [-0.39, 0.29) is 18.6 Å². The second-order valence-electron chi connectivity index (χ2n) is 5.07. The first-order chi connectivity index (χ1) is 7.66. The Hall–Kier alpha value is -1.30. The lowest BCUT2D eigenvalue weighted by molar-refractivity contribution is -0.146. The summed E-state index contributed by atoms with van der Waals surface area (Å²) in [6, 6.07) is -0.110. The molecule has 0 aliphatic carbocycles. The lowest BCUT2D eigenvalue weighted by Crippen LogP contribution is -2.46. The second kappa shape index (κ2) is 6.44. The van der Waals surface area contributed by atoms with Gasteiger partial charge in [0.05, 0.1) is 5.41 Å². The minimum atomic E-state index is -0.954. The van der Waals surface area contributed by atoms with Gasteiger partial charge in [0, 0.05) is 19.1 Å². The van der Waals surface area contributed by atoms with Gasteiger partial charge in [0.25, 0.3) is 0 Å². The van der Waals surface area contributed by atoms with Crippen molar-refractivity contribution < 1.29 is 14.7 Å². The van der Waals surface area contributed by atoms with E-state index in [4.69, 9.17) is 5.11 Å². The number of aliphatic carboxylic acids is 1. The van der Waals surface area contributed by atoms with Crippen LogP contribution in [0.1, 0.15) is 20.8 Å². The van der Waals surface area contributed by atoms with E-state index in [9.17, 15) is 9.59 Å². The van der Waals surface area contributed by atoms with Gasteiger partial charge < -0.3 is 20.6 Å². The SMILES string of the molecule is CC(CNC(=O)NCC(C)(C)C(=O)O)N(C)C. The topological polar surface area (TPSA) is 81.7 Å². The smallest absolute Gasteiger partial charge is 0.314 e. The van der Waals surface area contributed by atoms with Crippen molar-refractivity contribution in [1.29, 1.82) is 0 Å². The zero-order valence-electron chi connectivity index (χ0n) is 11.2. The largest absolute Gasteiger partial charge is 0.481 e. The third-order valence-corrected chi connectivity index (χ3v) is 2.71. The highest BCUT2D eigenvalue weighted by molar-refractivity contribution is 5.77. The Kier molecular flexibility index (Phi) is 5.95. The Morgan fingerprint density at radius 2 is 1.82 bits per heavy atom. The zero-order chi connectivity index (χ0) is 13.6. The first kappa shape index (κ1) is 15.7. The fourth-order valence-corrected chi connectivity index (χ4v) is 0.862. The van der Waals surface area contributed by atoms with Gasteiger partial charge in [-0.2, -0.15) is 0 Å². The van der Waals surface area contributed by atoms with E-state index in [1.165, 1.54) is 0 Å². The summed E-state index contributed by atoms with van der Waals surface area (Å²) in [6.07, 6.45) is 0. The number of carbonyl (C=O) groups is 2. The molecular formula is C11H23N3O3. The molecule has 0 aromatic carbocycles. The summed E-state index contributed by atoms with van der Waals surface area (Å²) in [7, 11) is 3.86. The maximum absolute atomic E-state index is 11.4. The number of urea groups is 1. The summed E-state index contributed by atoms with van der Waals surface area (Å²) in [5.74, 6) is -0.931. The molecule has 0 rings (SSSR count). The van der Waals surface area contributed by atoms with Crippen LogP contribution in [-0.4, -0.2) is 55.2 Å². The summed E-state index contributed by atoms with van der Waals surface area (Å²) in [4.78, 5) is 24.2. The van der Waals surface area contributed by atoms with Crippen LogP contribution in [0.3, 0.4) is 0 Å². The molecule has 0 heterocycles. The van der Waals surface area contributed by atoms with E-state index in [0.29, 0.717) is 6.54 Å². The van der Waals surface area contributed by atoms with Crippen molar-refractivity contribution in [2.75, 3.05) is 27.2 Å². The van der Waals surface area contributed by atoms with Gasteiger partial charge in [-0.15, -0.1) is 0 Å². The Morgan fingerprint density at radius 1 is 1.29 bits per heavy atom. The molecule has 6 heteroatoms. The van der Waals surface area contributed by atoms with Crippen LogP contribution in [-0.2, 0) is 4.79 Å². The fraction of sp³-hybridized carbons (Fsp3) is 0.818. The Bertz CT molecular complexity index is 277. The molecule has 0 aliphatic rings. The quantitative estimate of drug-likeness (QED) is 0.630. The minimum Gasteiger partial charge on any atom is -0.481 e. The number of likely N-dealkylation sites (N-methyl/N-ethyl adjacent to an activating group) is 1. The number of hydrogen-bond acceptors (Lipinski definition) is 3. The molecular weight excluding hydrogens is 222 g/mol. The van der Waals surface area contributed by atoms with Gasteiger partial charge in [-0.05, 0) is 34.9 Å². The van der Waals surface area contributed by atoms with Crippen LogP contribution in [0.4, 0.5) is 4.79 Å². The molecule has 0 aromatic heterocycles. The van der Waals surface area contributed by atoms with Gasteiger partial charge in [0.1, 0.15) is 0 Å². The van der Waals surface area contributed by atoms with Gasteiger partial charge in [-0.1, -0.05) is 0 Å². The van der Waals surface area contributed by atoms with E-state index >= 15 is 0 Å². The number of carboxylic acids is 1. The Balaban J connectivity index is 3.93. The van der Waals surface area contributed by atoms with Gasteiger partial charge in [-0.3, -0.25) is 4.79 Å². The number of amides is 2. The molecule has 1 unspecified atom stereocenters. The number of nitrogens with one attached hydrogen (secondary N) is 2. The van der Waals surface area contributed by atoms with E-state index in [1.54, 1.807) is 13.8 Å². The molecule has 0 spiro atoms. The second-order valence-corrected chi connectivity index (χ2v) is 5.07. The lowest BCUT2D eigenvalue weighted by atomic mass is 9.94. The average Bonchev–Trinajstić information content (AvgIpc) is 2.22. The maximum atomic E-state index is 11.4. The maximum Gasteiger partial charge on any atom is 0.314 e. The van der Waals surface area contributed by atoms with Gasteiger partial charge in [0.15, 0.2) is 0 Å². The predicted octanol–water partition coefficient (Wildman–Crippen LogP) is 0.347. The van der Waals surface area contributed by atoms with Crippen molar-refractivity contribution >= 4 is 12.0 Å². The fourth-order valence-electron chi connectivity index (χ4n) is 0.862. The standard InChI is InChI=1S/C11H23N3O3/c1-8(14(4)5)6-12-10(17)13-7-11(2,3)9(15)16/h8H,6-7H2,1-5H3,(H,15,16)(H2,12,13,17). The number of nitrogens with zero attached hydrogens (tertiary/aromatic N) is 1. The Morgan fingerprint density at radius 3 is 2.24 bits per heavy atom. The van der Waals surface area contributed by atoms with Crippen molar-refractivity contribution in [1.82, 2.24) is 15.5 Å². The summed E-state index contributed by atoms with van der Waals surface area (Å²) in [5.41, 5.74) is -0.954. The van der Waals surface area contributed by atoms with Crippen LogP contribution >= 0.6 is 0 Å². The normalized spacial score (nSPS) is 13.3. The summed E-state index contributed by atoms with van der Waals surface area (Å²) < 4.78 is 0. The van der Waals surface area contributed by atoms with Crippen LogP contribution in [0, 0.1) is 5.41 Å². The van der Waals surface area contributed by atoms with Crippen molar-refractivity contribution in [3.05, 3.63) is 0 Å². The zero-order valence-corrected chi connectivity index (χ0v) is 11.2. The van der Waals surface area contributed by atoms with E-state index in [2.05, 4.69) is 10.6 Å². The molecule has 0 fully saturated rings. The van der Waals surface area contributed by atoms with Crippen molar-refractivity contribution in [3.63, 3.8) is 0 Å². The van der Waals surface area contributed by atoms with Crippen molar-refractivity contribution in [2.45, 2.75) is 26.8 Å². The molecule has 17 heavy (non-hydrogen) atoms. The predicted molar refractivity (Wildman–Crippen MR) is 66.0 cm³/mol. The highest BCUT2D eigenvalue weighted by atomic mass is 16.4. The molecule has 3 N–H and O–H groups in total. The molecule has 0 aliphatic heterocycles. The highest BCUT2D eigenvalue weighted by Crippen LogP contribution is 2.12. The van der Waals surface area contributed by atoms with Crippen molar-refractivity contribution in [2.24, 2.45) is 5.41 Å². The molecule has 6 nitrogen and oxygen atoms in total. The number of carboxylic acid groups (broad SMARTS) is 1. The van der Waals surface area contributed by atoms with Crippen LogP contribution in [0.25, 0.3) is 0 Å². The Labute approximate surface area is 102 Å². The molecule has 0 saturated heterocycles. The summed E-state index contributed by atoms with van der Waals surface area (Å²) in [5, 5.41) is 14.1. The first-order valence-corrected chi connectivity index (χ1v) is 5.58. The average molecular weight is 245 g/mol. The molecule has 0 aromatic rings. The minimum absolute atomic E-state index is 0.102. The van der Waals surface area contributed by atoms with E-state index in [1.807, 2.05) is 25.9 Å². The molecule has 1 atom stereocenters. The van der Waals surface area contributed by atoms with Gasteiger partial charge in [-0.25, -0.2) is 4.79 Å². The monoisotopic (exact) mass is 245 g/mol. The molecule has 0 saturated carbocycles.